The summed E-state index contributed by atoms with van der Waals surface area (Å²) >= 11 is 0. The van der Waals surface area contributed by atoms with Crippen molar-refractivity contribution in [1.29, 1.82) is 5.26 Å². The van der Waals surface area contributed by atoms with Gasteiger partial charge in [-0.15, -0.1) is 0 Å². The van der Waals surface area contributed by atoms with Crippen molar-refractivity contribution in [3.05, 3.63) is 57.4 Å². The molecule has 23 heavy (non-hydrogen) atoms. The van der Waals surface area contributed by atoms with Crippen LogP contribution in [0.2, 0.25) is 0 Å². The summed E-state index contributed by atoms with van der Waals surface area (Å²) in [6, 6.07) is 9.41. The van der Waals surface area contributed by atoms with Gasteiger partial charge in [0, 0.05) is 20.2 Å². The second-order valence-corrected chi connectivity index (χ2v) is 4.95. The summed E-state index contributed by atoms with van der Waals surface area (Å²) in [6.07, 6.45) is 0. The number of aromatic amines is 1. The Hall–Kier alpha value is -3.34. The summed E-state index contributed by atoms with van der Waals surface area (Å²) < 4.78 is 5.09. The Bertz CT molecular complexity index is 789. The Balaban J connectivity index is 2.11. The van der Waals surface area contributed by atoms with Crippen molar-refractivity contribution in [3.63, 3.8) is 0 Å². The molecule has 1 aromatic carbocycles. The van der Waals surface area contributed by atoms with Gasteiger partial charge in [-0.3, -0.25) is 10.1 Å². The topological polar surface area (TPSA) is 112 Å². The zero-order valence-electron chi connectivity index (χ0n) is 12.6. The number of carbonyl (C=O) groups is 1. The number of anilines is 1. The first-order chi connectivity index (χ1) is 10.9. The zero-order chi connectivity index (χ0) is 17.0. The van der Waals surface area contributed by atoms with Crippen LogP contribution in [0, 0.1) is 21.4 Å². The van der Waals surface area contributed by atoms with E-state index in [4.69, 9.17) is 10.00 Å². The van der Waals surface area contributed by atoms with Gasteiger partial charge in [-0.05, 0) is 23.8 Å². The van der Waals surface area contributed by atoms with E-state index in [2.05, 4.69) is 4.98 Å². The molecular formula is C15H14N4O4. The summed E-state index contributed by atoms with van der Waals surface area (Å²) in [7, 11) is 3.42. The van der Waals surface area contributed by atoms with E-state index in [1.165, 1.54) is 18.2 Å². The molecule has 0 bridgehead atoms. The maximum absolute atomic E-state index is 11.8. The van der Waals surface area contributed by atoms with Crippen LogP contribution in [0.5, 0.6) is 0 Å². The van der Waals surface area contributed by atoms with E-state index < -0.39 is 10.9 Å². The minimum atomic E-state index is -0.633. The molecule has 8 nitrogen and oxygen atoms in total. The van der Waals surface area contributed by atoms with E-state index >= 15 is 0 Å². The fourth-order valence-corrected chi connectivity index (χ4v) is 1.99. The van der Waals surface area contributed by atoms with Crippen molar-refractivity contribution in [2.75, 3.05) is 19.0 Å². The van der Waals surface area contributed by atoms with E-state index in [1.807, 2.05) is 6.07 Å². The highest BCUT2D eigenvalue weighted by atomic mass is 16.6. The number of nitrogens with one attached hydrogen (secondary N) is 1. The fraction of sp³-hybridized carbons (Fsp3) is 0.200. The van der Waals surface area contributed by atoms with Gasteiger partial charge in [0.1, 0.15) is 29.8 Å². The number of ether oxygens (including phenoxy) is 1. The summed E-state index contributed by atoms with van der Waals surface area (Å²) in [4.78, 5) is 26.7. The highest BCUT2D eigenvalue weighted by molar-refractivity contribution is 5.87. The van der Waals surface area contributed by atoms with E-state index in [-0.39, 0.29) is 23.7 Å². The molecule has 0 amide bonds. The fourth-order valence-electron chi connectivity index (χ4n) is 1.99. The number of rotatable bonds is 5. The first-order valence-corrected chi connectivity index (χ1v) is 6.63. The average molecular weight is 314 g/mol. The third kappa shape index (κ3) is 3.65. The van der Waals surface area contributed by atoms with Crippen molar-refractivity contribution < 1.29 is 14.5 Å². The van der Waals surface area contributed by atoms with Crippen LogP contribution in [0.4, 0.5) is 11.4 Å². The van der Waals surface area contributed by atoms with Crippen LogP contribution in [0.1, 0.15) is 21.7 Å². The number of benzene rings is 1. The molecule has 118 valence electrons. The number of nitriles is 1. The van der Waals surface area contributed by atoms with Gasteiger partial charge >= 0.3 is 5.97 Å². The third-order valence-electron chi connectivity index (χ3n) is 3.11. The van der Waals surface area contributed by atoms with Gasteiger partial charge in [0.05, 0.1) is 4.92 Å². The minimum Gasteiger partial charge on any atom is -0.456 e. The summed E-state index contributed by atoms with van der Waals surface area (Å²) in [6.45, 7) is -0.103. The quantitative estimate of drug-likeness (QED) is 0.514. The Morgan fingerprint density at radius 2 is 2.13 bits per heavy atom. The molecule has 0 aliphatic heterocycles. The van der Waals surface area contributed by atoms with Crippen LogP contribution in [0.3, 0.4) is 0 Å². The average Bonchev–Trinajstić information content (AvgIpc) is 3.01. The van der Waals surface area contributed by atoms with Crippen LogP contribution in [0.15, 0.2) is 30.3 Å². The number of hydrogen-bond acceptors (Lipinski definition) is 6. The van der Waals surface area contributed by atoms with Crippen molar-refractivity contribution in [1.82, 2.24) is 4.98 Å². The van der Waals surface area contributed by atoms with Gasteiger partial charge in [0.15, 0.2) is 0 Å². The summed E-state index contributed by atoms with van der Waals surface area (Å²) in [5.74, 6) is -0.633. The molecule has 0 aliphatic carbocycles. The molecule has 0 aliphatic rings. The van der Waals surface area contributed by atoms with Crippen molar-refractivity contribution >= 4 is 17.3 Å². The number of aromatic nitrogens is 1. The summed E-state index contributed by atoms with van der Waals surface area (Å²) in [5.41, 5.74) is 1.31. The lowest BCUT2D eigenvalue weighted by Crippen LogP contribution is -2.11. The molecular weight excluding hydrogens is 300 g/mol. The SMILES string of the molecule is CN(C)c1ccc(COC(=O)c2ccc(C#N)[nH]2)cc1[N+](=O)[O-]. The van der Waals surface area contributed by atoms with E-state index in [9.17, 15) is 14.9 Å². The number of nitro groups is 1. The van der Waals surface area contributed by atoms with Crippen LogP contribution >= 0.6 is 0 Å². The van der Waals surface area contributed by atoms with Crippen LogP contribution < -0.4 is 4.90 Å². The minimum absolute atomic E-state index is 0.0600. The standard InChI is InChI=1S/C15H14N4O4/c1-18(2)13-6-3-10(7-14(13)19(21)22)9-23-15(20)12-5-4-11(8-16)17-12/h3-7,17H,9H2,1-2H3. The second-order valence-electron chi connectivity index (χ2n) is 4.95. The normalized spacial score (nSPS) is 9.96. The smallest absolute Gasteiger partial charge is 0.355 e. The monoisotopic (exact) mass is 314 g/mol. The largest absolute Gasteiger partial charge is 0.456 e. The Kier molecular flexibility index (Phi) is 4.61. The van der Waals surface area contributed by atoms with Crippen molar-refractivity contribution in [2.45, 2.75) is 6.61 Å². The van der Waals surface area contributed by atoms with Gasteiger partial charge in [0.2, 0.25) is 0 Å². The predicted molar refractivity (Wildman–Crippen MR) is 82.1 cm³/mol. The molecule has 8 heteroatoms. The van der Waals surface area contributed by atoms with Gasteiger partial charge in [-0.25, -0.2) is 4.79 Å². The molecule has 1 N–H and O–H groups in total. The molecule has 0 saturated heterocycles. The maximum atomic E-state index is 11.8. The lowest BCUT2D eigenvalue weighted by molar-refractivity contribution is -0.384. The number of carbonyl (C=O) groups excluding carboxylic acids is 1. The Labute approximate surface area is 132 Å². The maximum Gasteiger partial charge on any atom is 0.355 e. The Morgan fingerprint density at radius 1 is 1.39 bits per heavy atom. The molecule has 1 aromatic heterocycles. The van der Waals surface area contributed by atoms with Crippen LogP contribution in [0.25, 0.3) is 0 Å². The van der Waals surface area contributed by atoms with Gasteiger partial charge < -0.3 is 14.6 Å². The Morgan fingerprint density at radius 3 is 2.70 bits per heavy atom. The molecule has 0 spiro atoms. The predicted octanol–water partition coefficient (Wildman–Crippen LogP) is 2.22. The molecule has 0 atom stereocenters. The van der Waals surface area contributed by atoms with E-state index in [1.54, 1.807) is 31.1 Å². The molecule has 0 saturated carbocycles. The highest BCUT2D eigenvalue weighted by Gasteiger charge is 2.17. The molecule has 1 heterocycles. The van der Waals surface area contributed by atoms with Crippen molar-refractivity contribution in [3.8, 4) is 6.07 Å². The van der Waals surface area contributed by atoms with Gasteiger partial charge in [-0.2, -0.15) is 5.26 Å². The van der Waals surface area contributed by atoms with Crippen LogP contribution in [-0.2, 0) is 11.3 Å². The van der Waals surface area contributed by atoms with E-state index in [0.717, 1.165) is 0 Å². The number of nitrogens with zero attached hydrogens (tertiary/aromatic N) is 3. The summed E-state index contributed by atoms with van der Waals surface area (Å²) in [5, 5.41) is 19.8. The molecule has 2 aromatic rings. The molecule has 0 unspecified atom stereocenters. The molecule has 2 rings (SSSR count). The van der Waals surface area contributed by atoms with Crippen molar-refractivity contribution in [2.24, 2.45) is 0 Å². The van der Waals surface area contributed by atoms with Crippen LogP contribution in [-0.4, -0.2) is 30.0 Å². The van der Waals surface area contributed by atoms with Gasteiger partial charge in [-0.1, -0.05) is 6.07 Å². The zero-order valence-corrected chi connectivity index (χ0v) is 12.6. The number of nitro benzene ring substituents is 1. The third-order valence-corrected chi connectivity index (χ3v) is 3.11. The second kappa shape index (κ2) is 6.62. The number of esters is 1. The highest BCUT2D eigenvalue weighted by Crippen LogP contribution is 2.28. The lowest BCUT2D eigenvalue weighted by atomic mass is 10.1. The molecule has 0 radical (unpaired) electrons. The number of H-pyrrole nitrogens is 1. The first-order valence-electron chi connectivity index (χ1n) is 6.63. The first kappa shape index (κ1) is 16.0. The van der Waals surface area contributed by atoms with E-state index in [0.29, 0.717) is 11.3 Å². The molecule has 0 fully saturated rings. The van der Waals surface area contributed by atoms with Gasteiger partial charge in [0.25, 0.3) is 5.69 Å². The number of hydrogen-bond donors (Lipinski definition) is 1. The lowest BCUT2D eigenvalue weighted by Gasteiger charge is -2.13.